The zero-order chi connectivity index (χ0) is 20.1. The summed E-state index contributed by atoms with van der Waals surface area (Å²) in [6, 6.07) is 3.14. The molecule has 0 spiro atoms. The Morgan fingerprint density at radius 3 is 1.96 bits per heavy atom. The van der Waals surface area contributed by atoms with E-state index in [4.69, 9.17) is 19.9 Å². The van der Waals surface area contributed by atoms with Gasteiger partial charge >= 0.3 is 0 Å². The van der Waals surface area contributed by atoms with Gasteiger partial charge in [-0.1, -0.05) is 6.92 Å². The topological polar surface area (TPSA) is 94.3 Å². The Balaban J connectivity index is 2.13. The van der Waals surface area contributed by atoms with Gasteiger partial charge in [-0.25, -0.2) is 0 Å². The second-order valence-electron chi connectivity index (χ2n) is 6.65. The number of hydrogen-bond acceptors (Lipinski definition) is 6. The van der Waals surface area contributed by atoms with E-state index >= 15 is 0 Å². The highest BCUT2D eigenvalue weighted by Gasteiger charge is 2.30. The normalized spacial score (nSPS) is 16.5. The molecule has 0 saturated carbocycles. The van der Waals surface area contributed by atoms with Gasteiger partial charge in [-0.15, -0.1) is 0 Å². The summed E-state index contributed by atoms with van der Waals surface area (Å²) < 4.78 is 16.0. The van der Waals surface area contributed by atoms with E-state index in [1.165, 1.54) is 21.3 Å². The third kappa shape index (κ3) is 4.27. The van der Waals surface area contributed by atoms with Gasteiger partial charge in [-0.05, 0) is 19.1 Å². The van der Waals surface area contributed by atoms with Crippen molar-refractivity contribution in [1.82, 2.24) is 9.80 Å². The van der Waals surface area contributed by atoms with E-state index in [2.05, 4.69) is 0 Å². The summed E-state index contributed by atoms with van der Waals surface area (Å²) >= 11 is 0. The quantitative estimate of drug-likeness (QED) is 0.792. The number of carbonyl (C=O) groups excluding carboxylic acids is 2. The molecule has 1 saturated heterocycles. The van der Waals surface area contributed by atoms with Crippen LogP contribution >= 0.6 is 0 Å². The molecule has 1 aromatic carbocycles. The van der Waals surface area contributed by atoms with Crippen LogP contribution in [0.5, 0.6) is 17.2 Å². The number of methoxy groups -OCH3 is 3. The van der Waals surface area contributed by atoms with Crippen LogP contribution in [-0.2, 0) is 4.79 Å². The molecule has 0 aromatic heterocycles. The van der Waals surface area contributed by atoms with Crippen molar-refractivity contribution in [2.75, 3.05) is 47.5 Å². The average Bonchev–Trinajstić information content (AvgIpc) is 2.70. The predicted octanol–water partition coefficient (Wildman–Crippen LogP) is 0.980. The maximum atomic E-state index is 13.0. The standard InChI is InChI=1S/C19H29N3O5/c1-12(13(2)20)18(23)21-8-10-22(11-9-21)19(24)14-6-7-15(25-3)17(27-5)16(14)26-4/h6-7,12-13H,8-11,20H2,1-5H3. The predicted molar refractivity (Wildman–Crippen MR) is 101 cm³/mol. The lowest BCUT2D eigenvalue weighted by Gasteiger charge is -2.36. The van der Waals surface area contributed by atoms with Gasteiger partial charge in [-0.3, -0.25) is 9.59 Å². The average molecular weight is 379 g/mol. The van der Waals surface area contributed by atoms with Crippen LogP contribution in [0.15, 0.2) is 12.1 Å². The van der Waals surface area contributed by atoms with Crippen molar-refractivity contribution in [3.8, 4) is 17.2 Å². The smallest absolute Gasteiger partial charge is 0.257 e. The highest BCUT2D eigenvalue weighted by Crippen LogP contribution is 2.40. The van der Waals surface area contributed by atoms with Crippen LogP contribution in [0, 0.1) is 5.92 Å². The largest absolute Gasteiger partial charge is 0.493 e. The minimum atomic E-state index is -0.238. The molecule has 2 rings (SSSR count). The van der Waals surface area contributed by atoms with Crippen molar-refractivity contribution in [2.24, 2.45) is 11.7 Å². The molecule has 1 aliphatic rings. The Labute approximate surface area is 160 Å². The van der Waals surface area contributed by atoms with Crippen LogP contribution in [-0.4, -0.2) is 75.2 Å². The van der Waals surface area contributed by atoms with Crippen LogP contribution in [0.4, 0.5) is 0 Å². The third-order valence-electron chi connectivity index (χ3n) is 4.99. The lowest BCUT2D eigenvalue weighted by molar-refractivity contribution is -0.137. The molecular formula is C19H29N3O5. The van der Waals surface area contributed by atoms with Crippen LogP contribution in [0.25, 0.3) is 0 Å². The van der Waals surface area contributed by atoms with Crippen molar-refractivity contribution in [3.05, 3.63) is 17.7 Å². The third-order valence-corrected chi connectivity index (χ3v) is 4.99. The van der Waals surface area contributed by atoms with E-state index in [-0.39, 0.29) is 23.8 Å². The fourth-order valence-electron chi connectivity index (χ4n) is 3.08. The Morgan fingerprint density at radius 2 is 1.48 bits per heavy atom. The second kappa shape index (κ2) is 8.94. The number of nitrogens with zero attached hydrogens (tertiary/aromatic N) is 2. The highest BCUT2D eigenvalue weighted by atomic mass is 16.5. The zero-order valence-corrected chi connectivity index (χ0v) is 16.7. The summed E-state index contributed by atoms with van der Waals surface area (Å²) in [5.74, 6) is 0.835. The molecule has 1 aliphatic heterocycles. The Hall–Kier alpha value is -2.48. The molecule has 0 aliphatic carbocycles. The minimum absolute atomic E-state index is 0.0285. The minimum Gasteiger partial charge on any atom is -0.493 e. The first-order valence-electron chi connectivity index (χ1n) is 8.98. The van der Waals surface area contributed by atoms with Crippen molar-refractivity contribution >= 4 is 11.8 Å². The molecule has 150 valence electrons. The number of amides is 2. The van der Waals surface area contributed by atoms with Gasteiger partial charge in [-0.2, -0.15) is 0 Å². The Morgan fingerprint density at radius 1 is 0.926 bits per heavy atom. The molecule has 1 aromatic rings. The number of piperazine rings is 1. The number of nitrogens with two attached hydrogens (primary N) is 1. The van der Waals surface area contributed by atoms with E-state index in [0.717, 1.165) is 0 Å². The first-order chi connectivity index (χ1) is 12.8. The van der Waals surface area contributed by atoms with Gasteiger partial charge in [0.2, 0.25) is 11.7 Å². The summed E-state index contributed by atoms with van der Waals surface area (Å²) in [6.07, 6.45) is 0. The maximum absolute atomic E-state index is 13.0. The van der Waals surface area contributed by atoms with Gasteiger partial charge in [0, 0.05) is 32.2 Å². The molecule has 0 radical (unpaired) electrons. The lowest BCUT2D eigenvalue weighted by Crippen LogP contribution is -2.53. The van der Waals surface area contributed by atoms with E-state index in [9.17, 15) is 9.59 Å². The molecule has 1 heterocycles. The van der Waals surface area contributed by atoms with Crippen molar-refractivity contribution in [1.29, 1.82) is 0 Å². The first-order valence-corrected chi connectivity index (χ1v) is 8.98. The fourth-order valence-corrected chi connectivity index (χ4v) is 3.08. The molecule has 27 heavy (non-hydrogen) atoms. The molecule has 0 bridgehead atoms. The molecular weight excluding hydrogens is 350 g/mol. The molecule has 1 fully saturated rings. The Bertz CT molecular complexity index is 684. The number of rotatable bonds is 6. The van der Waals surface area contributed by atoms with E-state index < -0.39 is 0 Å². The fraction of sp³-hybridized carbons (Fsp3) is 0.579. The monoisotopic (exact) mass is 379 g/mol. The summed E-state index contributed by atoms with van der Waals surface area (Å²) in [6.45, 7) is 5.53. The van der Waals surface area contributed by atoms with Gasteiger partial charge in [0.25, 0.3) is 5.91 Å². The maximum Gasteiger partial charge on any atom is 0.257 e. The van der Waals surface area contributed by atoms with Crippen molar-refractivity contribution in [3.63, 3.8) is 0 Å². The molecule has 8 nitrogen and oxygen atoms in total. The molecule has 2 unspecified atom stereocenters. The first kappa shape index (κ1) is 20.8. The van der Waals surface area contributed by atoms with Gasteiger partial charge in [0.1, 0.15) is 0 Å². The molecule has 2 amide bonds. The molecule has 2 N–H and O–H groups in total. The SMILES string of the molecule is COc1ccc(C(=O)N2CCN(C(=O)C(C)C(C)N)CC2)c(OC)c1OC. The van der Waals surface area contributed by atoms with Crippen LogP contribution in [0.1, 0.15) is 24.2 Å². The van der Waals surface area contributed by atoms with Crippen molar-refractivity contribution < 1.29 is 23.8 Å². The van der Waals surface area contributed by atoms with E-state index in [1.54, 1.807) is 21.9 Å². The van der Waals surface area contributed by atoms with E-state index in [1.807, 2.05) is 13.8 Å². The van der Waals surface area contributed by atoms with E-state index in [0.29, 0.717) is 49.0 Å². The number of hydrogen-bond donors (Lipinski definition) is 1. The van der Waals surface area contributed by atoms with Gasteiger partial charge in [0.15, 0.2) is 11.5 Å². The lowest BCUT2D eigenvalue weighted by atomic mass is 10.0. The summed E-state index contributed by atoms with van der Waals surface area (Å²) in [4.78, 5) is 28.9. The summed E-state index contributed by atoms with van der Waals surface area (Å²) in [5, 5.41) is 0. The number of carbonyl (C=O) groups is 2. The molecule has 2 atom stereocenters. The summed E-state index contributed by atoms with van der Waals surface area (Å²) in [7, 11) is 4.51. The highest BCUT2D eigenvalue weighted by molar-refractivity contribution is 5.98. The van der Waals surface area contributed by atoms with Gasteiger partial charge in [0.05, 0.1) is 32.8 Å². The van der Waals surface area contributed by atoms with Crippen LogP contribution in [0.3, 0.4) is 0 Å². The van der Waals surface area contributed by atoms with Crippen LogP contribution < -0.4 is 19.9 Å². The van der Waals surface area contributed by atoms with Crippen LogP contribution in [0.2, 0.25) is 0 Å². The zero-order valence-electron chi connectivity index (χ0n) is 16.7. The second-order valence-corrected chi connectivity index (χ2v) is 6.65. The number of ether oxygens (including phenoxy) is 3. The molecule has 8 heteroatoms. The van der Waals surface area contributed by atoms with Gasteiger partial charge < -0.3 is 29.7 Å². The number of benzene rings is 1. The summed E-state index contributed by atoms with van der Waals surface area (Å²) in [5.41, 5.74) is 6.23. The Kier molecular flexibility index (Phi) is 6.90. The van der Waals surface area contributed by atoms with Crippen molar-refractivity contribution in [2.45, 2.75) is 19.9 Å².